The molecule has 0 aromatic heterocycles. The van der Waals surface area contributed by atoms with Gasteiger partial charge in [0.05, 0.1) is 4.90 Å². The molecule has 1 amide bonds. The van der Waals surface area contributed by atoms with Crippen LogP contribution in [-0.2, 0) is 14.8 Å². The molecule has 0 radical (unpaired) electrons. The van der Waals surface area contributed by atoms with Gasteiger partial charge in [0.1, 0.15) is 0 Å². The number of nitrogens with zero attached hydrogens (tertiary/aromatic N) is 1. The Bertz CT molecular complexity index is 901. The molecule has 0 aliphatic rings. The van der Waals surface area contributed by atoms with Crippen molar-refractivity contribution in [3.63, 3.8) is 0 Å². The molecule has 2 aromatic rings. The Morgan fingerprint density at radius 3 is 2.27 bits per heavy atom. The van der Waals surface area contributed by atoms with Crippen LogP contribution in [0.2, 0.25) is 0 Å². The van der Waals surface area contributed by atoms with Crippen LogP contribution in [-0.4, -0.2) is 31.7 Å². The lowest BCUT2D eigenvalue weighted by molar-refractivity contribution is -0.111. The van der Waals surface area contributed by atoms with Gasteiger partial charge in [0.15, 0.2) is 0 Å². The van der Waals surface area contributed by atoms with Crippen LogP contribution in [0.3, 0.4) is 0 Å². The summed E-state index contributed by atoms with van der Waals surface area (Å²) < 4.78 is 26.2. The molecule has 26 heavy (non-hydrogen) atoms. The van der Waals surface area contributed by atoms with Crippen molar-refractivity contribution in [3.05, 3.63) is 65.7 Å². The Labute approximate surface area is 155 Å². The van der Waals surface area contributed by atoms with Gasteiger partial charge in [0, 0.05) is 24.9 Å². The van der Waals surface area contributed by atoms with Gasteiger partial charge >= 0.3 is 0 Å². The molecule has 0 saturated heterocycles. The van der Waals surface area contributed by atoms with Crippen molar-refractivity contribution in [1.82, 2.24) is 4.31 Å². The molecule has 1 N–H and O–H groups in total. The molecule has 0 spiro atoms. The van der Waals surface area contributed by atoms with E-state index in [1.54, 1.807) is 25.3 Å². The Hall–Kier alpha value is -2.44. The zero-order valence-corrected chi connectivity index (χ0v) is 16.2. The van der Waals surface area contributed by atoms with Crippen molar-refractivity contribution in [2.75, 3.05) is 12.4 Å². The summed E-state index contributed by atoms with van der Waals surface area (Å²) in [6, 6.07) is 13.8. The number of rotatable bonds is 6. The van der Waals surface area contributed by atoms with Crippen molar-refractivity contribution in [2.24, 2.45) is 0 Å². The lowest BCUT2D eigenvalue weighted by Gasteiger charge is -2.21. The van der Waals surface area contributed by atoms with Crippen LogP contribution in [0.4, 0.5) is 5.69 Å². The summed E-state index contributed by atoms with van der Waals surface area (Å²) in [5.41, 5.74) is 2.59. The first-order valence-corrected chi connectivity index (χ1v) is 9.78. The van der Waals surface area contributed by atoms with Crippen molar-refractivity contribution >= 4 is 27.7 Å². The van der Waals surface area contributed by atoms with Crippen molar-refractivity contribution in [1.29, 1.82) is 0 Å². The van der Waals surface area contributed by atoms with E-state index < -0.39 is 10.0 Å². The highest BCUT2D eigenvalue weighted by atomic mass is 32.2. The first-order valence-electron chi connectivity index (χ1n) is 8.34. The van der Waals surface area contributed by atoms with E-state index >= 15 is 0 Å². The first kappa shape index (κ1) is 19.9. The zero-order valence-electron chi connectivity index (χ0n) is 15.4. The van der Waals surface area contributed by atoms with Gasteiger partial charge in [-0.1, -0.05) is 24.3 Å². The number of amides is 1. The molecule has 0 bridgehead atoms. The van der Waals surface area contributed by atoms with E-state index in [1.165, 1.54) is 22.5 Å². The number of hydrogen-bond acceptors (Lipinski definition) is 3. The van der Waals surface area contributed by atoms with E-state index in [2.05, 4.69) is 5.32 Å². The Morgan fingerprint density at radius 1 is 1.08 bits per heavy atom. The maximum absolute atomic E-state index is 12.4. The zero-order chi connectivity index (χ0) is 19.3. The molecule has 0 fully saturated rings. The van der Waals surface area contributed by atoms with Crippen molar-refractivity contribution in [3.8, 4) is 0 Å². The van der Waals surface area contributed by atoms with Crippen LogP contribution in [0, 0.1) is 6.92 Å². The molecule has 0 unspecified atom stereocenters. The molecule has 5 nitrogen and oxygen atoms in total. The number of carbonyl (C=O) groups is 1. The Morgan fingerprint density at radius 2 is 1.69 bits per heavy atom. The summed E-state index contributed by atoms with van der Waals surface area (Å²) in [7, 11) is -1.98. The van der Waals surface area contributed by atoms with Crippen LogP contribution in [0.25, 0.3) is 6.08 Å². The summed E-state index contributed by atoms with van der Waals surface area (Å²) in [6.45, 7) is 5.60. The third-order valence-electron chi connectivity index (χ3n) is 4.13. The smallest absolute Gasteiger partial charge is 0.248 e. The molecule has 6 heteroatoms. The molecule has 2 aromatic carbocycles. The van der Waals surface area contributed by atoms with Gasteiger partial charge in [-0.3, -0.25) is 4.79 Å². The molecule has 0 heterocycles. The maximum atomic E-state index is 12.4. The minimum absolute atomic E-state index is 0.133. The molecule has 0 aliphatic carbocycles. The SMILES string of the molecule is Cc1ccccc1/C=C/C(=O)Nc1ccc(S(=O)(=O)N(C)C(C)C)cc1. The third kappa shape index (κ3) is 4.80. The van der Waals surface area contributed by atoms with Gasteiger partial charge in [-0.2, -0.15) is 4.31 Å². The van der Waals surface area contributed by atoms with Gasteiger partial charge in [0.2, 0.25) is 15.9 Å². The first-order chi connectivity index (χ1) is 12.2. The molecule has 2 rings (SSSR count). The highest BCUT2D eigenvalue weighted by molar-refractivity contribution is 7.89. The molecule has 138 valence electrons. The van der Waals surface area contributed by atoms with E-state index in [4.69, 9.17) is 0 Å². The lowest BCUT2D eigenvalue weighted by atomic mass is 10.1. The maximum Gasteiger partial charge on any atom is 0.248 e. The summed E-state index contributed by atoms with van der Waals surface area (Å²) >= 11 is 0. The van der Waals surface area contributed by atoms with Crippen LogP contribution >= 0.6 is 0 Å². The second-order valence-corrected chi connectivity index (χ2v) is 8.32. The quantitative estimate of drug-likeness (QED) is 0.787. The highest BCUT2D eigenvalue weighted by Gasteiger charge is 2.22. The fourth-order valence-electron chi connectivity index (χ4n) is 2.28. The Balaban J connectivity index is 2.07. The van der Waals surface area contributed by atoms with E-state index in [0.717, 1.165) is 11.1 Å². The van der Waals surface area contributed by atoms with Crippen LogP contribution in [0.5, 0.6) is 0 Å². The van der Waals surface area contributed by atoms with Gasteiger partial charge in [-0.05, 0) is 62.2 Å². The van der Waals surface area contributed by atoms with Gasteiger partial charge < -0.3 is 5.32 Å². The average molecular weight is 372 g/mol. The normalized spacial score (nSPS) is 12.1. The number of anilines is 1. The second kappa shape index (κ2) is 8.29. The minimum Gasteiger partial charge on any atom is -0.323 e. The summed E-state index contributed by atoms with van der Waals surface area (Å²) in [5, 5.41) is 2.73. The molecular formula is C20H24N2O3S. The molecule has 0 saturated carbocycles. The third-order valence-corrected chi connectivity index (χ3v) is 6.18. The predicted octanol–water partition coefficient (Wildman–Crippen LogP) is 3.68. The number of hydrogen-bond donors (Lipinski definition) is 1. The van der Waals surface area contributed by atoms with Crippen LogP contribution in [0.15, 0.2) is 59.5 Å². The number of carbonyl (C=O) groups excluding carboxylic acids is 1. The average Bonchev–Trinajstić information content (AvgIpc) is 2.60. The fraction of sp³-hybridized carbons (Fsp3) is 0.250. The molecular weight excluding hydrogens is 348 g/mol. The summed E-state index contributed by atoms with van der Waals surface area (Å²) in [5.74, 6) is -0.275. The molecule has 0 aliphatic heterocycles. The predicted molar refractivity (Wildman–Crippen MR) is 105 cm³/mol. The number of benzene rings is 2. The number of aryl methyl sites for hydroxylation is 1. The Kier molecular flexibility index (Phi) is 6.34. The van der Waals surface area contributed by atoms with Crippen molar-refractivity contribution in [2.45, 2.75) is 31.7 Å². The van der Waals surface area contributed by atoms with Crippen molar-refractivity contribution < 1.29 is 13.2 Å². The van der Waals surface area contributed by atoms with E-state index in [1.807, 2.05) is 45.0 Å². The van der Waals surface area contributed by atoms with E-state index in [9.17, 15) is 13.2 Å². The van der Waals surface area contributed by atoms with Crippen LogP contribution < -0.4 is 5.32 Å². The van der Waals surface area contributed by atoms with Crippen LogP contribution in [0.1, 0.15) is 25.0 Å². The number of nitrogens with one attached hydrogen (secondary N) is 1. The fourth-order valence-corrected chi connectivity index (χ4v) is 3.64. The van der Waals surface area contributed by atoms with Gasteiger partial charge in [-0.25, -0.2) is 8.42 Å². The van der Waals surface area contributed by atoms with Gasteiger partial charge in [-0.15, -0.1) is 0 Å². The largest absolute Gasteiger partial charge is 0.323 e. The highest BCUT2D eigenvalue weighted by Crippen LogP contribution is 2.19. The summed E-state index contributed by atoms with van der Waals surface area (Å²) in [6.07, 6.45) is 3.21. The van der Waals surface area contributed by atoms with E-state index in [-0.39, 0.29) is 16.8 Å². The number of sulfonamides is 1. The van der Waals surface area contributed by atoms with E-state index in [0.29, 0.717) is 5.69 Å². The monoisotopic (exact) mass is 372 g/mol. The standard InChI is InChI=1S/C20H24N2O3S/c1-15(2)22(4)26(24,25)19-12-10-18(11-13-19)21-20(23)14-9-17-8-6-5-7-16(17)3/h5-15H,1-4H3,(H,21,23)/b14-9+. The topological polar surface area (TPSA) is 66.5 Å². The second-order valence-electron chi connectivity index (χ2n) is 6.32. The summed E-state index contributed by atoms with van der Waals surface area (Å²) in [4.78, 5) is 12.2. The molecule has 0 atom stereocenters. The minimum atomic E-state index is -3.53. The lowest BCUT2D eigenvalue weighted by Crippen LogP contribution is -2.33. The van der Waals surface area contributed by atoms with Gasteiger partial charge in [0.25, 0.3) is 0 Å².